The molecular formula is C22H19ClN2O3S. The standard InChI is InChI=1S/C22H19ClN2O3S/c1-16-3-2-4-20(15-16)25-29(27,28)21-12-10-19(11-13-21)24-22(26)14-7-17-5-8-18(23)9-6-17/h2-15,25H,1H3,(H,24,26)/b14-7+. The Bertz CT molecular complexity index is 1140. The molecule has 1 amide bonds. The van der Waals surface area contributed by atoms with Crippen molar-refractivity contribution in [1.82, 2.24) is 0 Å². The van der Waals surface area contributed by atoms with Crippen LogP contribution in [0, 0.1) is 6.92 Å². The van der Waals surface area contributed by atoms with Gasteiger partial charge in [0, 0.05) is 22.5 Å². The molecule has 29 heavy (non-hydrogen) atoms. The summed E-state index contributed by atoms with van der Waals surface area (Å²) in [6.45, 7) is 1.89. The lowest BCUT2D eigenvalue weighted by Crippen LogP contribution is -2.13. The molecule has 3 aromatic carbocycles. The number of sulfonamides is 1. The van der Waals surface area contributed by atoms with Gasteiger partial charge < -0.3 is 5.32 Å². The molecule has 0 bridgehead atoms. The van der Waals surface area contributed by atoms with E-state index in [0.717, 1.165) is 11.1 Å². The van der Waals surface area contributed by atoms with E-state index in [1.54, 1.807) is 60.7 Å². The fraction of sp³-hybridized carbons (Fsp3) is 0.0455. The second-order valence-corrected chi connectivity index (χ2v) is 8.49. The molecule has 3 aromatic rings. The van der Waals surface area contributed by atoms with Gasteiger partial charge in [-0.1, -0.05) is 35.9 Å². The summed E-state index contributed by atoms with van der Waals surface area (Å²) in [6, 6.07) is 20.1. The Hall–Kier alpha value is -3.09. The third-order valence-corrected chi connectivity index (χ3v) is 5.65. The fourth-order valence-electron chi connectivity index (χ4n) is 2.57. The van der Waals surface area contributed by atoms with E-state index in [4.69, 9.17) is 11.6 Å². The first kappa shape index (κ1) is 20.6. The molecule has 0 fully saturated rings. The number of halogens is 1. The van der Waals surface area contributed by atoms with Gasteiger partial charge in [0.25, 0.3) is 10.0 Å². The summed E-state index contributed by atoms with van der Waals surface area (Å²) in [7, 11) is -3.71. The molecule has 0 aliphatic rings. The Morgan fingerprint density at radius 3 is 2.28 bits per heavy atom. The molecule has 0 heterocycles. The Balaban J connectivity index is 1.64. The predicted octanol–water partition coefficient (Wildman–Crippen LogP) is 5.10. The number of anilines is 2. The van der Waals surface area contributed by atoms with E-state index in [2.05, 4.69) is 10.0 Å². The Kier molecular flexibility index (Phi) is 6.36. The maximum atomic E-state index is 12.5. The normalized spacial score (nSPS) is 11.4. The topological polar surface area (TPSA) is 75.3 Å². The smallest absolute Gasteiger partial charge is 0.261 e. The van der Waals surface area contributed by atoms with Gasteiger partial charge >= 0.3 is 0 Å². The number of aryl methyl sites for hydroxylation is 1. The minimum atomic E-state index is -3.71. The van der Waals surface area contributed by atoms with Crippen LogP contribution in [0.15, 0.2) is 83.8 Å². The lowest BCUT2D eigenvalue weighted by Gasteiger charge is -2.09. The van der Waals surface area contributed by atoms with Crippen LogP contribution in [0.2, 0.25) is 5.02 Å². The molecule has 0 saturated carbocycles. The minimum Gasteiger partial charge on any atom is -0.323 e. The molecule has 0 radical (unpaired) electrons. The van der Waals surface area contributed by atoms with Gasteiger partial charge in [-0.3, -0.25) is 9.52 Å². The van der Waals surface area contributed by atoms with Gasteiger partial charge in [0.2, 0.25) is 5.91 Å². The maximum Gasteiger partial charge on any atom is 0.261 e. The summed E-state index contributed by atoms with van der Waals surface area (Å²) >= 11 is 5.83. The van der Waals surface area contributed by atoms with Gasteiger partial charge in [0.1, 0.15) is 0 Å². The van der Waals surface area contributed by atoms with Crippen molar-refractivity contribution in [2.45, 2.75) is 11.8 Å². The summed E-state index contributed by atoms with van der Waals surface area (Å²) in [5, 5.41) is 3.32. The Labute approximate surface area is 175 Å². The molecule has 0 aliphatic heterocycles. The van der Waals surface area contributed by atoms with Crippen molar-refractivity contribution in [3.05, 3.63) is 95.0 Å². The number of hydrogen-bond acceptors (Lipinski definition) is 3. The number of nitrogens with one attached hydrogen (secondary N) is 2. The monoisotopic (exact) mass is 426 g/mol. The first-order valence-corrected chi connectivity index (χ1v) is 10.6. The highest BCUT2D eigenvalue weighted by Crippen LogP contribution is 2.19. The van der Waals surface area contributed by atoms with Crippen molar-refractivity contribution in [2.75, 3.05) is 10.0 Å². The van der Waals surface area contributed by atoms with Gasteiger partial charge in [0.15, 0.2) is 0 Å². The summed E-state index contributed by atoms with van der Waals surface area (Å²) < 4.78 is 27.6. The quantitative estimate of drug-likeness (QED) is 0.538. The van der Waals surface area contributed by atoms with Gasteiger partial charge in [-0.25, -0.2) is 8.42 Å². The molecule has 0 atom stereocenters. The molecule has 2 N–H and O–H groups in total. The summed E-state index contributed by atoms with van der Waals surface area (Å²) in [5.74, 6) is -0.326. The van der Waals surface area contributed by atoms with Gasteiger partial charge in [-0.15, -0.1) is 0 Å². The highest BCUT2D eigenvalue weighted by molar-refractivity contribution is 7.92. The molecule has 0 spiro atoms. The lowest BCUT2D eigenvalue weighted by atomic mass is 10.2. The lowest BCUT2D eigenvalue weighted by molar-refractivity contribution is -0.111. The second kappa shape index (κ2) is 8.94. The number of hydrogen-bond donors (Lipinski definition) is 2. The second-order valence-electron chi connectivity index (χ2n) is 6.37. The summed E-state index contributed by atoms with van der Waals surface area (Å²) in [6.07, 6.45) is 3.06. The van der Waals surface area contributed by atoms with Crippen LogP contribution >= 0.6 is 11.6 Å². The fourth-order valence-corrected chi connectivity index (χ4v) is 3.75. The number of rotatable bonds is 6. The molecule has 7 heteroatoms. The van der Waals surface area contributed by atoms with Gasteiger partial charge in [0.05, 0.1) is 4.90 Å². The molecule has 148 valence electrons. The van der Waals surface area contributed by atoms with Crippen LogP contribution in [0.3, 0.4) is 0 Å². The van der Waals surface area contributed by atoms with E-state index >= 15 is 0 Å². The Morgan fingerprint density at radius 1 is 0.931 bits per heavy atom. The van der Waals surface area contributed by atoms with Crippen molar-refractivity contribution < 1.29 is 13.2 Å². The molecule has 0 aliphatic carbocycles. The van der Waals surface area contributed by atoms with Crippen molar-refractivity contribution in [3.63, 3.8) is 0 Å². The number of amides is 1. The average Bonchev–Trinajstić information content (AvgIpc) is 2.68. The molecular weight excluding hydrogens is 408 g/mol. The van der Waals surface area contributed by atoms with Crippen molar-refractivity contribution in [2.24, 2.45) is 0 Å². The van der Waals surface area contributed by atoms with Crippen LogP contribution in [0.25, 0.3) is 6.08 Å². The zero-order chi connectivity index (χ0) is 20.9. The van der Waals surface area contributed by atoms with Crippen molar-refractivity contribution in [3.8, 4) is 0 Å². The zero-order valence-electron chi connectivity index (χ0n) is 15.6. The Morgan fingerprint density at radius 2 is 1.62 bits per heavy atom. The van der Waals surface area contributed by atoms with E-state index in [1.165, 1.54) is 18.2 Å². The minimum absolute atomic E-state index is 0.105. The number of carbonyl (C=O) groups excluding carboxylic acids is 1. The maximum absolute atomic E-state index is 12.5. The predicted molar refractivity (Wildman–Crippen MR) is 118 cm³/mol. The van der Waals surface area contributed by atoms with Crippen LogP contribution in [-0.2, 0) is 14.8 Å². The van der Waals surface area contributed by atoms with Gasteiger partial charge in [-0.2, -0.15) is 0 Å². The highest BCUT2D eigenvalue weighted by Gasteiger charge is 2.14. The van der Waals surface area contributed by atoms with E-state index in [9.17, 15) is 13.2 Å². The third kappa shape index (κ3) is 5.94. The largest absolute Gasteiger partial charge is 0.323 e. The number of carbonyl (C=O) groups is 1. The van der Waals surface area contributed by atoms with E-state index < -0.39 is 10.0 Å². The van der Waals surface area contributed by atoms with Gasteiger partial charge in [-0.05, 0) is 72.7 Å². The van der Waals surface area contributed by atoms with E-state index in [1.807, 2.05) is 13.0 Å². The SMILES string of the molecule is Cc1cccc(NS(=O)(=O)c2ccc(NC(=O)/C=C/c3ccc(Cl)cc3)cc2)c1. The van der Waals surface area contributed by atoms with Crippen molar-refractivity contribution in [1.29, 1.82) is 0 Å². The van der Waals surface area contributed by atoms with Crippen LogP contribution in [0.5, 0.6) is 0 Å². The molecule has 0 unspecified atom stereocenters. The number of benzene rings is 3. The van der Waals surface area contributed by atoms with Crippen LogP contribution in [0.1, 0.15) is 11.1 Å². The van der Waals surface area contributed by atoms with Crippen LogP contribution in [0.4, 0.5) is 11.4 Å². The molecule has 3 rings (SSSR count). The van der Waals surface area contributed by atoms with Crippen LogP contribution in [-0.4, -0.2) is 14.3 Å². The molecule has 0 aromatic heterocycles. The van der Waals surface area contributed by atoms with E-state index in [-0.39, 0.29) is 10.8 Å². The molecule has 0 saturated heterocycles. The zero-order valence-corrected chi connectivity index (χ0v) is 17.2. The van der Waals surface area contributed by atoms with E-state index in [0.29, 0.717) is 16.4 Å². The third-order valence-electron chi connectivity index (χ3n) is 4.00. The summed E-state index contributed by atoms with van der Waals surface area (Å²) in [4.78, 5) is 12.2. The average molecular weight is 427 g/mol. The first-order chi connectivity index (χ1) is 13.8. The van der Waals surface area contributed by atoms with Crippen LogP contribution < -0.4 is 10.0 Å². The van der Waals surface area contributed by atoms with Crippen molar-refractivity contribution >= 4 is 45.0 Å². The summed E-state index contributed by atoms with van der Waals surface area (Å²) in [5.41, 5.74) is 2.78. The highest BCUT2D eigenvalue weighted by atomic mass is 35.5. The first-order valence-electron chi connectivity index (χ1n) is 8.76. The molecule has 5 nitrogen and oxygen atoms in total.